The van der Waals surface area contributed by atoms with Crippen LogP contribution in [0.25, 0.3) is 5.69 Å². The summed E-state index contributed by atoms with van der Waals surface area (Å²) in [4.78, 5) is 14.1. The molecule has 0 bridgehead atoms. The first kappa shape index (κ1) is 10.3. The van der Waals surface area contributed by atoms with E-state index < -0.39 is 0 Å². The number of benzene rings is 1. The highest BCUT2D eigenvalue weighted by Crippen LogP contribution is 2.24. The molecule has 3 nitrogen and oxygen atoms in total. The molecule has 0 spiro atoms. The molecule has 2 aromatic rings. The van der Waals surface area contributed by atoms with Gasteiger partial charge in [0.05, 0.1) is 15.7 Å². The molecule has 0 atom stereocenters. The SMILES string of the molecule is Cc1c[nH]c(=O)n1-c1ccc(Cl)c(Cl)c1. The van der Waals surface area contributed by atoms with E-state index in [-0.39, 0.29) is 5.69 Å². The van der Waals surface area contributed by atoms with Crippen LogP contribution in [0.5, 0.6) is 0 Å². The zero-order chi connectivity index (χ0) is 11.0. The Morgan fingerprint density at radius 3 is 2.53 bits per heavy atom. The molecule has 0 aliphatic rings. The Balaban J connectivity index is 2.65. The van der Waals surface area contributed by atoms with Crippen LogP contribution in [-0.4, -0.2) is 9.55 Å². The summed E-state index contributed by atoms with van der Waals surface area (Å²) in [5.74, 6) is 0. The number of hydrogen-bond acceptors (Lipinski definition) is 1. The summed E-state index contributed by atoms with van der Waals surface area (Å²) in [6.45, 7) is 1.83. The molecule has 0 saturated carbocycles. The van der Waals surface area contributed by atoms with Crippen molar-refractivity contribution in [2.24, 2.45) is 0 Å². The van der Waals surface area contributed by atoms with Gasteiger partial charge >= 0.3 is 5.69 Å². The minimum Gasteiger partial charge on any atom is -0.312 e. The molecule has 0 amide bonds. The van der Waals surface area contributed by atoms with Gasteiger partial charge in [0.25, 0.3) is 0 Å². The maximum atomic E-state index is 11.5. The fraction of sp³-hybridized carbons (Fsp3) is 0.100. The number of aryl methyl sites for hydroxylation is 1. The number of rotatable bonds is 1. The van der Waals surface area contributed by atoms with Gasteiger partial charge in [0.1, 0.15) is 0 Å². The number of halogens is 2. The molecule has 1 aromatic heterocycles. The Hall–Kier alpha value is -1.19. The number of nitrogens with one attached hydrogen (secondary N) is 1. The van der Waals surface area contributed by atoms with Crippen LogP contribution in [0, 0.1) is 6.92 Å². The Labute approximate surface area is 96.3 Å². The number of nitrogens with zero attached hydrogens (tertiary/aromatic N) is 1. The fourth-order valence-corrected chi connectivity index (χ4v) is 1.69. The number of aromatic nitrogens is 2. The molecule has 0 unspecified atom stereocenters. The molecule has 78 valence electrons. The van der Waals surface area contributed by atoms with E-state index in [1.807, 2.05) is 6.92 Å². The van der Waals surface area contributed by atoms with Crippen LogP contribution >= 0.6 is 23.2 Å². The van der Waals surface area contributed by atoms with Gasteiger partial charge in [-0.1, -0.05) is 23.2 Å². The lowest BCUT2D eigenvalue weighted by atomic mass is 10.3. The minimum absolute atomic E-state index is 0.189. The van der Waals surface area contributed by atoms with Crippen molar-refractivity contribution in [2.75, 3.05) is 0 Å². The van der Waals surface area contributed by atoms with E-state index in [0.29, 0.717) is 15.7 Å². The molecular formula is C10H8Cl2N2O. The van der Waals surface area contributed by atoms with E-state index >= 15 is 0 Å². The van der Waals surface area contributed by atoms with Gasteiger partial charge in [-0.15, -0.1) is 0 Å². The largest absolute Gasteiger partial charge is 0.330 e. The maximum absolute atomic E-state index is 11.5. The first-order valence-corrected chi connectivity index (χ1v) is 5.07. The molecule has 2 rings (SSSR count). The first-order valence-electron chi connectivity index (χ1n) is 4.32. The summed E-state index contributed by atoms with van der Waals surface area (Å²) < 4.78 is 1.53. The summed E-state index contributed by atoms with van der Waals surface area (Å²) in [7, 11) is 0. The molecular weight excluding hydrogens is 235 g/mol. The van der Waals surface area contributed by atoms with Gasteiger partial charge in [-0.2, -0.15) is 0 Å². The summed E-state index contributed by atoms with van der Waals surface area (Å²) in [6, 6.07) is 5.07. The standard InChI is InChI=1S/C10H8Cl2N2O/c1-6-5-13-10(15)14(6)7-2-3-8(11)9(12)4-7/h2-5H,1H3,(H,13,15). The Morgan fingerprint density at radius 2 is 2.00 bits per heavy atom. The molecule has 1 heterocycles. The van der Waals surface area contributed by atoms with Gasteiger partial charge in [0, 0.05) is 11.9 Å². The van der Waals surface area contributed by atoms with Gasteiger partial charge in [-0.05, 0) is 25.1 Å². The Kier molecular flexibility index (Phi) is 2.59. The van der Waals surface area contributed by atoms with Crippen LogP contribution in [-0.2, 0) is 0 Å². The summed E-state index contributed by atoms with van der Waals surface area (Å²) in [5, 5.41) is 0.906. The molecule has 15 heavy (non-hydrogen) atoms. The van der Waals surface area contributed by atoms with Crippen LogP contribution in [0.3, 0.4) is 0 Å². The molecule has 0 fully saturated rings. The van der Waals surface area contributed by atoms with E-state index in [1.54, 1.807) is 24.4 Å². The van der Waals surface area contributed by atoms with Crippen LogP contribution in [0.15, 0.2) is 29.2 Å². The lowest BCUT2D eigenvalue weighted by Crippen LogP contribution is -2.15. The Bertz CT molecular complexity index is 557. The van der Waals surface area contributed by atoms with Crippen molar-refractivity contribution in [3.05, 3.63) is 50.6 Å². The van der Waals surface area contributed by atoms with Gasteiger partial charge in [0.2, 0.25) is 0 Å². The second-order valence-corrected chi connectivity index (χ2v) is 3.98. The van der Waals surface area contributed by atoms with Gasteiger partial charge < -0.3 is 4.98 Å². The molecule has 0 saturated heterocycles. The average molecular weight is 243 g/mol. The fourth-order valence-electron chi connectivity index (χ4n) is 1.40. The second kappa shape index (κ2) is 3.76. The first-order chi connectivity index (χ1) is 7.09. The molecule has 0 aliphatic carbocycles. The topological polar surface area (TPSA) is 37.8 Å². The van der Waals surface area contributed by atoms with Crippen molar-refractivity contribution in [3.8, 4) is 5.69 Å². The molecule has 0 aliphatic heterocycles. The highest BCUT2D eigenvalue weighted by molar-refractivity contribution is 6.42. The van der Waals surface area contributed by atoms with Gasteiger partial charge in [-0.25, -0.2) is 4.79 Å². The highest BCUT2D eigenvalue weighted by Gasteiger charge is 2.06. The van der Waals surface area contributed by atoms with Gasteiger partial charge in [0.15, 0.2) is 0 Å². The number of H-pyrrole nitrogens is 1. The van der Waals surface area contributed by atoms with E-state index in [1.165, 1.54) is 4.57 Å². The van der Waals surface area contributed by atoms with Crippen molar-refractivity contribution >= 4 is 23.2 Å². The normalized spacial score (nSPS) is 10.6. The second-order valence-electron chi connectivity index (χ2n) is 3.17. The Morgan fingerprint density at radius 1 is 1.27 bits per heavy atom. The summed E-state index contributed by atoms with van der Waals surface area (Å²) >= 11 is 11.7. The van der Waals surface area contributed by atoms with Crippen molar-refractivity contribution in [1.82, 2.24) is 9.55 Å². The monoisotopic (exact) mass is 242 g/mol. The highest BCUT2D eigenvalue weighted by atomic mass is 35.5. The quantitative estimate of drug-likeness (QED) is 0.821. The van der Waals surface area contributed by atoms with Crippen LogP contribution in [0.1, 0.15) is 5.69 Å². The van der Waals surface area contributed by atoms with Crippen LogP contribution in [0.4, 0.5) is 0 Å². The molecule has 0 radical (unpaired) electrons. The third-order valence-electron chi connectivity index (χ3n) is 2.12. The zero-order valence-electron chi connectivity index (χ0n) is 7.92. The molecule has 5 heteroatoms. The summed E-state index contributed by atoms with van der Waals surface area (Å²) in [5.41, 5.74) is 1.33. The van der Waals surface area contributed by atoms with Crippen molar-refractivity contribution in [1.29, 1.82) is 0 Å². The minimum atomic E-state index is -0.189. The predicted molar refractivity (Wildman–Crippen MR) is 61.1 cm³/mol. The predicted octanol–water partition coefficient (Wildman–Crippen LogP) is 2.78. The zero-order valence-corrected chi connectivity index (χ0v) is 9.43. The van der Waals surface area contributed by atoms with E-state index in [2.05, 4.69) is 4.98 Å². The van der Waals surface area contributed by atoms with E-state index in [9.17, 15) is 4.79 Å². The van der Waals surface area contributed by atoms with Crippen LogP contribution in [0.2, 0.25) is 10.0 Å². The van der Waals surface area contributed by atoms with Crippen molar-refractivity contribution < 1.29 is 0 Å². The smallest absolute Gasteiger partial charge is 0.312 e. The molecule has 1 N–H and O–H groups in total. The van der Waals surface area contributed by atoms with E-state index in [0.717, 1.165) is 5.69 Å². The lowest BCUT2D eigenvalue weighted by molar-refractivity contribution is 0.949. The van der Waals surface area contributed by atoms with Crippen molar-refractivity contribution in [3.63, 3.8) is 0 Å². The third kappa shape index (κ3) is 1.80. The number of hydrogen-bond donors (Lipinski definition) is 1. The average Bonchev–Trinajstić information content (AvgIpc) is 2.52. The van der Waals surface area contributed by atoms with Crippen molar-refractivity contribution in [2.45, 2.75) is 6.92 Å². The number of aromatic amines is 1. The van der Waals surface area contributed by atoms with E-state index in [4.69, 9.17) is 23.2 Å². The molecule has 1 aromatic carbocycles. The lowest BCUT2D eigenvalue weighted by Gasteiger charge is -2.04. The maximum Gasteiger partial charge on any atom is 0.330 e. The van der Waals surface area contributed by atoms with Gasteiger partial charge in [-0.3, -0.25) is 4.57 Å². The third-order valence-corrected chi connectivity index (χ3v) is 2.86. The number of imidazole rings is 1. The van der Waals surface area contributed by atoms with Crippen LogP contribution < -0.4 is 5.69 Å². The summed E-state index contributed by atoms with van der Waals surface area (Å²) in [6.07, 6.45) is 1.64.